The van der Waals surface area contributed by atoms with Gasteiger partial charge in [-0.2, -0.15) is 8.78 Å². The Balaban J connectivity index is 2.45. The number of halogens is 3. The van der Waals surface area contributed by atoms with Gasteiger partial charge in [0.2, 0.25) is 5.91 Å². The fraction of sp³-hybridized carbons (Fsp3) is 0.857. The first-order valence-corrected chi connectivity index (χ1v) is 4.25. The fourth-order valence-corrected chi connectivity index (χ4v) is 1.67. The molecule has 1 amide bonds. The maximum atomic E-state index is 12.3. The van der Waals surface area contributed by atoms with E-state index < -0.39 is 24.5 Å². The molecule has 1 fully saturated rings. The van der Waals surface area contributed by atoms with Gasteiger partial charge in [0.25, 0.3) is 0 Å². The Morgan fingerprint density at radius 1 is 1.69 bits per heavy atom. The molecule has 1 rings (SSSR count). The summed E-state index contributed by atoms with van der Waals surface area (Å²) in [6.45, 7) is -0.249. The van der Waals surface area contributed by atoms with Crippen LogP contribution in [-0.2, 0) is 4.79 Å². The van der Waals surface area contributed by atoms with Crippen molar-refractivity contribution in [1.82, 2.24) is 4.90 Å². The smallest absolute Gasteiger partial charge is 0.322 e. The van der Waals surface area contributed by atoms with E-state index >= 15 is 0 Å². The van der Waals surface area contributed by atoms with Crippen LogP contribution in [0.15, 0.2) is 0 Å². The molecule has 1 aliphatic rings. The Morgan fingerprint density at radius 2 is 2.31 bits per heavy atom. The molecule has 0 spiro atoms. The molecule has 76 valence electrons. The molecule has 1 atom stereocenters. The second kappa shape index (κ2) is 3.75. The zero-order valence-electron chi connectivity index (χ0n) is 6.84. The van der Waals surface area contributed by atoms with Gasteiger partial charge in [0, 0.05) is 19.4 Å². The van der Waals surface area contributed by atoms with Crippen molar-refractivity contribution < 1.29 is 18.7 Å². The van der Waals surface area contributed by atoms with Crippen molar-refractivity contribution in [3.05, 3.63) is 0 Å². The molecule has 1 N–H and O–H groups in total. The Labute approximate surface area is 79.3 Å². The summed E-state index contributed by atoms with van der Waals surface area (Å²) in [5, 5.41) is 5.38. The molecule has 0 radical (unpaired) electrons. The van der Waals surface area contributed by atoms with Crippen LogP contribution in [0.4, 0.5) is 8.78 Å². The molecule has 13 heavy (non-hydrogen) atoms. The normalized spacial score (nSPS) is 24.2. The van der Waals surface area contributed by atoms with Crippen LogP contribution in [0.25, 0.3) is 0 Å². The average molecular weight is 214 g/mol. The first-order chi connectivity index (χ1) is 5.92. The first-order valence-electron chi connectivity index (χ1n) is 3.88. The number of carbonyl (C=O) groups is 1. The summed E-state index contributed by atoms with van der Waals surface area (Å²) in [4.78, 5) is 12.1. The maximum absolute atomic E-state index is 12.3. The van der Waals surface area contributed by atoms with E-state index in [1.54, 1.807) is 0 Å². The predicted molar refractivity (Wildman–Crippen MR) is 42.3 cm³/mol. The van der Waals surface area contributed by atoms with Crippen molar-refractivity contribution in [3.8, 4) is 0 Å². The van der Waals surface area contributed by atoms with Crippen molar-refractivity contribution in [2.45, 2.75) is 18.2 Å². The van der Waals surface area contributed by atoms with Crippen molar-refractivity contribution >= 4 is 17.5 Å². The fourth-order valence-electron chi connectivity index (χ4n) is 1.45. The molecule has 0 aromatic heterocycles. The van der Waals surface area contributed by atoms with E-state index in [9.17, 15) is 13.6 Å². The van der Waals surface area contributed by atoms with Crippen LogP contribution in [0.5, 0.6) is 0 Å². The van der Waals surface area contributed by atoms with Gasteiger partial charge >= 0.3 is 5.38 Å². The summed E-state index contributed by atoms with van der Waals surface area (Å²) < 4.78 is 24.6. The molecule has 0 aliphatic carbocycles. The summed E-state index contributed by atoms with van der Waals surface area (Å²) in [5.41, 5.74) is 0. The number of hydrogen-bond donors (Lipinski definition) is 1. The predicted octanol–water partition coefficient (Wildman–Crippen LogP) is 1.01. The number of nitrogens with zero attached hydrogens (tertiary/aromatic N) is 1. The van der Waals surface area contributed by atoms with Crippen LogP contribution in [0.2, 0.25) is 0 Å². The Kier molecular flexibility index (Phi) is 3.08. The molecule has 6 heteroatoms. The van der Waals surface area contributed by atoms with Gasteiger partial charge in [-0.05, 0) is 17.5 Å². The molecule has 0 saturated carbocycles. The summed E-state index contributed by atoms with van der Waals surface area (Å²) in [6.07, 6.45) is -0.473. The van der Waals surface area contributed by atoms with Gasteiger partial charge < -0.3 is 10.0 Å². The monoisotopic (exact) mass is 213 g/mol. The zero-order chi connectivity index (χ0) is 10.1. The Bertz CT molecular complexity index is 207. The topological polar surface area (TPSA) is 40.5 Å². The molecular formula is C7H10ClF2NO2. The second-order valence-corrected chi connectivity index (χ2v) is 3.70. The van der Waals surface area contributed by atoms with Crippen LogP contribution in [0.1, 0.15) is 12.8 Å². The van der Waals surface area contributed by atoms with Gasteiger partial charge in [0.05, 0.1) is 0 Å². The number of aliphatic hydroxyl groups is 1. The molecule has 0 aromatic rings. The Hall–Kier alpha value is -0.420. The summed E-state index contributed by atoms with van der Waals surface area (Å²) in [5.74, 6) is -0.749. The molecule has 0 aromatic carbocycles. The van der Waals surface area contributed by atoms with Crippen molar-refractivity contribution in [2.75, 3.05) is 13.3 Å². The highest BCUT2D eigenvalue weighted by atomic mass is 35.5. The molecule has 1 saturated heterocycles. The minimum absolute atomic E-state index is 0.0445. The number of rotatable bonds is 3. The molecule has 0 bridgehead atoms. The van der Waals surface area contributed by atoms with Gasteiger partial charge in [-0.1, -0.05) is 0 Å². The van der Waals surface area contributed by atoms with Crippen LogP contribution in [0, 0.1) is 5.92 Å². The lowest BCUT2D eigenvalue weighted by Crippen LogP contribution is -2.26. The van der Waals surface area contributed by atoms with Crippen LogP contribution in [0.3, 0.4) is 0 Å². The van der Waals surface area contributed by atoms with E-state index in [-0.39, 0.29) is 18.9 Å². The summed E-state index contributed by atoms with van der Waals surface area (Å²) in [6, 6.07) is 0. The third-order valence-electron chi connectivity index (χ3n) is 1.99. The van der Waals surface area contributed by atoms with E-state index in [4.69, 9.17) is 16.7 Å². The van der Waals surface area contributed by atoms with Gasteiger partial charge in [-0.3, -0.25) is 4.79 Å². The largest absolute Gasteiger partial charge is 0.376 e. The quantitative estimate of drug-likeness (QED) is 0.711. The first kappa shape index (κ1) is 10.7. The number of amides is 1. The number of alkyl halides is 3. The number of hydrogen-bond acceptors (Lipinski definition) is 2. The molecule has 1 aliphatic heterocycles. The SMILES string of the molecule is O=C1CC(CC(F)(F)Cl)CN1CO. The van der Waals surface area contributed by atoms with E-state index in [2.05, 4.69) is 0 Å². The average Bonchev–Trinajstić information content (AvgIpc) is 2.26. The Morgan fingerprint density at radius 3 is 2.69 bits per heavy atom. The maximum Gasteiger partial charge on any atom is 0.322 e. The highest BCUT2D eigenvalue weighted by Gasteiger charge is 2.36. The van der Waals surface area contributed by atoms with Crippen molar-refractivity contribution in [3.63, 3.8) is 0 Å². The van der Waals surface area contributed by atoms with E-state index in [1.165, 1.54) is 0 Å². The standard InChI is InChI=1S/C7H10ClF2NO2/c8-7(9,10)2-5-1-6(13)11(3-5)4-12/h5,12H,1-4H2. The van der Waals surface area contributed by atoms with Crippen LogP contribution >= 0.6 is 11.6 Å². The van der Waals surface area contributed by atoms with E-state index in [0.29, 0.717) is 0 Å². The minimum Gasteiger partial charge on any atom is -0.376 e. The zero-order valence-corrected chi connectivity index (χ0v) is 7.60. The highest BCUT2D eigenvalue weighted by Crippen LogP contribution is 2.32. The lowest BCUT2D eigenvalue weighted by atomic mass is 10.1. The van der Waals surface area contributed by atoms with Crippen molar-refractivity contribution in [2.24, 2.45) is 5.92 Å². The minimum atomic E-state index is -3.25. The van der Waals surface area contributed by atoms with Crippen LogP contribution in [-0.4, -0.2) is 34.6 Å². The summed E-state index contributed by atoms with van der Waals surface area (Å²) in [7, 11) is 0. The summed E-state index contributed by atoms with van der Waals surface area (Å²) >= 11 is 4.73. The van der Waals surface area contributed by atoms with Gasteiger partial charge in [0.1, 0.15) is 6.73 Å². The number of carbonyl (C=O) groups excluding carboxylic acids is 1. The van der Waals surface area contributed by atoms with Gasteiger partial charge in [-0.25, -0.2) is 0 Å². The van der Waals surface area contributed by atoms with E-state index in [1.807, 2.05) is 0 Å². The number of aliphatic hydroxyl groups excluding tert-OH is 1. The number of likely N-dealkylation sites (tertiary alicyclic amines) is 1. The van der Waals surface area contributed by atoms with Crippen molar-refractivity contribution in [1.29, 1.82) is 0 Å². The second-order valence-electron chi connectivity index (χ2n) is 3.15. The lowest BCUT2D eigenvalue weighted by molar-refractivity contribution is -0.130. The van der Waals surface area contributed by atoms with E-state index in [0.717, 1.165) is 4.90 Å². The molecule has 1 unspecified atom stereocenters. The molecular weight excluding hydrogens is 204 g/mol. The highest BCUT2D eigenvalue weighted by molar-refractivity contribution is 6.21. The molecule has 1 heterocycles. The lowest BCUT2D eigenvalue weighted by Gasteiger charge is -2.14. The van der Waals surface area contributed by atoms with Gasteiger partial charge in [-0.15, -0.1) is 0 Å². The third-order valence-corrected chi connectivity index (χ3v) is 2.14. The molecule has 3 nitrogen and oxygen atoms in total. The van der Waals surface area contributed by atoms with Crippen LogP contribution < -0.4 is 0 Å². The third kappa shape index (κ3) is 3.08. The van der Waals surface area contributed by atoms with Gasteiger partial charge in [0.15, 0.2) is 0 Å².